The summed E-state index contributed by atoms with van der Waals surface area (Å²) in [6, 6.07) is 0.824. The Morgan fingerprint density at radius 3 is 1.30 bits per heavy atom. The van der Waals surface area contributed by atoms with Crippen molar-refractivity contribution in [1.82, 2.24) is 4.90 Å². The summed E-state index contributed by atoms with van der Waals surface area (Å²) < 4.78 is 0. The van der Waals surface area contributed by atoms with Crippen LogP contribution in [0.15, 0.2) is 0 Å². The standard InChI is InChI=1S/C29H59N/c1-5-7-9-11-14-18-22-27-26-28(27)23-19-15-13-17-21-25-29(30(3)4)24-20-16-12-10-8-6-2/h27-29H,5-26H2,1-4H3/t27-,28+,29?/m1/s1. The molecule has 1 heteroatoms. The molecular weight excluding hydrogens is 362 g/mol. The molecule has 0 N–H and O–H groups in total. The molecule has 0 aromatic carbocycles. The van der Waals surface area contributed by atoms with Crippen LogP contribution in [0.4, 0.5) is 0 Å². The number of unbranched alkanes of at least 4 members (excludes halogenated alkanes) is 14. The van der Waals surface area contributed by atoms with Crippen molar-refractivity contribution in [3.05, 3.63) is 0 Å². The Kier molecular flexibility index (Phi) is 18.3. The highest BCUT2D eigenvalue weighted by molar-refractivity contribution is 4.85. The van der Waals surface area contributed by atoms with Gasteiger partial charge in [0.1, 0.15) is 0 Å². The molecule has 1 saturated carbocycles. The first-order valence-corrected chi connectivity index (χ1v) is 14.3. The molecule has 0 heterocycles. The zero-order valence-corrected chi connectivity index (χ0v) is 21.7. The first-order valence-electron chi connectivity index (χ1n) is 14.3. The predicted octanol–water partition coefficient (Wildman–Crippen LogP) is 9.78. The van der Waals surface area contributed by atoms with E-state index in [4.69, 9.17) is 0 Å². The summed E-state index contributed by atoms with van der Waals surface area (Å²) in [5.41, 5.74) is 0. The van der Waals surface area contributed by atoms with E-state index in [-0.39, 0.29) is 0 Å². The van der Waals surface area contributed by atoms with Crippen LogP contribution in [0.2, 0.25) is 0 Å². The summed E-state index contributed by atoms with van der Waals surface area (Å²) in [6.45, 7) is 4.62. The van der Waals surface area contributed by atoms with Crippen LogP contribution in [0.5, 0.6) is 0 Å². The molecule has 0 saturated heterocycles. The second-order valence-corrected chi connectivity index (χ2v) is 10.8. The van der Waals surface area contributed by atoms with Crippen molar-refractivity contribution in [3.63, 3.8) is 0 Å². The maximum atomic E-state index is 2.49. The van der Waals surface area contributed by atoms with E-state index in [1.54, 1.807) is 19.3 Å². The number of rotatable bonds is 23. The Morgan fingerprint density at radius 2 is 0.900 bits per heavy atom. The van der Waals surface area contributed by atoms with Crippen LogP contribution in [0.1, 0.15) is 155 Å². The summed E-state index contributed by atoms with van der Waals surface area (Å²) in [5, 5.41) is 0. The summed E-state index contributed by atoms with van der Waals surface area (Å²) in [6.07, 6.45) is 32.2. The summed E-state index contributed by atoms with van der Waals surface area (Å²) in [5.74, 6) is 2.25. The summed E-state index contributed by atoms with van der Waals surface area (Å²) >= 11 is 0. The van der Waals surface area contributed by atoms with Gasteiger partial charge in [0.05, 0.1) is 0 Å². The van der Waals surface area contributed by atoms with E-state index in [1.165, 1.54) is 122 Å². The van der Waals surface area contributed by atoms with Crippen molar-refractivity contribution in [2.75, 3.05) is 14.1 Å². The van der Waals surface area contributed by atoms with E-state index in [2.05, 4.69) is 32.8 Å². The lowest BCUT2D eigenvalue weighted by atomic mass is 9.99. The van der Waals surface area contributed by atoms with Crippen LogP contribution in [-0.2, 0) is 0 Å². The molecule has 0 radical (unpaired) electrons. The third-order valence-corrected chi connectivity index (χ3v) is 7.73. The van der Waals surface area contributed by atoms with Crippen molar-refractivity contribution >= 4 is 0 Å². The van der Waals surface area contributed by atoms with E-state index < -0.39 is 0 Å². The van der Waals surface area contributed by atoms with Gasteiger partial charge in [0, 0.05) is 6.04 Å². The van der Waals surface area contributed by atoms with Gasteiger partial charge in [0.2, 0.25) is 0 Å². The van der Waals surface area contributed by atoms with Gasteiger partial charge in [-0.3, -0.25) is 0 Å². The van der Waals surface area contributed by atoms with E-state index in [1.807, 2.05) is 0 Å². The van der Waals surface area contributed by atoms with Gasteiger partial charge in [0.15, 0.2) is 0 Å². The minimum Gasteiger partial charge on any atom is -0.306 e. The second-order valence-electron chi connectivity index (χ2n) is 10.8. The van der Waals surface area contributed by atoms with Crippen LogP contribution < -0.4 is 0 Å². The second kappa shape index (κ2) is 19.6. The van der Waals surface area contributed by atoms with E-state index in [0.29, 0.717) is 0 Å². The maximum absolute atomic E-state index is 2.49. The molecule has 1 unspecified atom stereocenters. The average Bonchev–Trinajstić information content (AvgIpc) is 3.48. The van der Waals surface area contributed by atoms with E-state index >= 15 is 0 Å². The Balaban J connectivity index is 1.87. The molecular formula is C29H59N. The van der Waals surface area contributed by atoms with Crippen LogP contribution in [0.3, 0.4) is 0 Å². The smallest absolute Gasteiger partial charge is 0.00891 e. The van der Waals surface area contributed by atoms with Gasteiger partial charge in [-0.25, -0.2) is 0 Å². The van der Waals surface area contributed by atoms with Gasteiger partial charge >= 0.3 is 0 Å². The quantitative estimate of drug-likeness (QED) is 0.148. The Hall–Kier alpha value is -0.0400. The minimum atomic E-state index is 0.824. The molecule has 0 bridgehead atoms. The zero-order chi connectivity index (χ0) is 21.9. The molecule has 0 spiro atoms. The van der Waals surface area contributed by atoms with Crippen molar-refractivity contribution in [1.29, 1.82) is 0 Å². The lowest BCUT2D eigenvalue weighted by Crippen LogP contribution is -2.27. The normalized spacial score (nSPS) is 19.5. The van der Waals surface area contributed by atoms with Gasteiger partial charge in [-0.05, 0) is 45.2 Å². The van der Waals surface area contributed by atoms with E-state index in [0.717, 1.165) is 17.9 Å². The van der Waals surface area contributed by atoms with Gasteiger partial charge in [-0.15, -0.1) is 0 Å². The zero-order valence-electron chi connectivity index (χ0n) is 21.7. The van der Waals surface area contributed by atoms with Crippen LogP contribution in [-0.4, -0.2) is 25.0 Å². The largest absolute Gasteiger partial charge is 0.306 e. The maximum Gasteiger partial charge on any atom is 0.00891 e. The lowest BCUT2D eigenvalue weighted by molar-refractivity contribution is 0.251. The predicted molar refractivity (Wildman–Crippen MR) is 137 cm³/mol. The van der Waals surface area contributed by atoms with Gasteiger partial charge in [0.25, 0.3) is 0 Å². The highest BCUT2D eigenvalue weighted by Gasteiger charge is 2.34. The third kappa shape index (κ3) is 15.7. The van der Waals surface area contributed by atoms with Crippen LogP contribution in [0, 0.1) is 11.8 Å². The molecule has 1 rings (SSSR count). The lowest BCUT2D eigenvalue weighted by Gasteiger charge is -2.24. The fraction of sp³-hybridized carbons (Fsp3) is 1.00. The molecule has 1 aliphatic rings. The molecule has 0 aliphatic heterocycles. The molecule has 180 valence electrons. The SMILES string of the molecule is CCCCCCCCC(CCCCCCC[C@H]1C[C@H]1CCCCCCCC)N(C)C. The fourth-order valence-corrected chi connectivity index (χ4v) is 5.34. The van der Waals surface area contributed by atoms with Crippen molar-refractivity contribution < 1.29 is 0 Å². The Morgan fingerprint density at radius 1 is 0.533 bits per heavy atom. The third-order valence-electron chi connectivity index (χ3n) is 7.73. The van der Waals surface area contributed by atoms with Gasteiger partial charge in [-0.1, -0.05) is 136 Å². The van der Waals surface area contributed by atoms with Crippen LogP contribution in [0.25, 0.3) is 0 Å². The molecule has 0 amide bonds. The van der Waals surface area contributed by atoms with E-state index in [9.17, 15) is 0 Å². The molecule has 3 atom stereocenters. The van der Waals surface area contributed by atoms with Crippen molar-refractivity contribution in [3.8, 4) is 0 Å². The Labute approximate surface area is 192 Å². The average molecular weight is 422 g/mol. The first-order chi connectivity index (χ1) is 14.7. The Bertz CT molecular complexity index is 350. The van der Waals surface area contributed by atoms with Crippen molar-refractivity contribution in [2.45, 2.75) is 161 Å². The monoisotopic (exact) mass is 421 g/mol. The molecule has 1 aliphatic carbocycles. The number of hydrogen-bond donors (Lipinski definition) is 0. The molecule has 1 nitrogen and oxygen atoms in total. The van der Waals surface area contributed by atoms with Gasteiger partial charge < -0.3 is 4.90 Å². The first kappa shape index (κ1) is 28.0. The highest BCUT2D eigenvalue weighted by atomic mass is 15.1. The van der Waals surface area contributed by atoms with Crippen LogP contribution >= 0.6 is 0 Å². The summed E-state index contributed by atoms with van der Waals surface area (Å²) in [7, 11) is 4.58. The number of hydrogen-bond acceptors (Lipinski definition) is 1. The number of nitrogens with zero attached hydrogens (tertiary/aromatic N) is 1. The minimum absolute atomic E-state index is 0.824. The van der Waals surface area contributed by atoms with Crippen molar-refractivity contribution in [2.24, 2.45) is 11.8 Å². The topological polar surface area (TPSA) is 3.24 Å². The molecule has 0 aromatic rings. The van der Waals surface area contributed by atoms with Gasteiger partial charge in [-0.2, -0.15) is 0 Å². The molecule has 30 heavy (non-hydrogen) atoms. The highest BCUT2D eigenvalue weighted by Crippen LogP contribution is 2.45. The summed E-state index contributed by atoms with van der Waals surface area (Å²) in [4.78, 5) is 2.49. The molecule has 0 aromatic heterocycles. The molecule has 1 fully saturated rings. The fourth-order valence-electron chi connectivity index (χ4n) is 5.34.